The molecule has 1 unspecified atom stereocenters. The fourth-order valence-electron chi connectivity index (χ4n) is 2.29. The Morgan fingerprint density at radius 2 is 2.00 bits per heavy atom. The molecule has 1 atom stereocenters. The van der Waals surface area contributed by atoms with Crippen molar-refractivity contribution < 1.29 is 4.74 Å². The summed E-state index contributed by atoms with van der Waals surface area (Å²) in [6, 6.07) is 10.9. The van der Waals surface area contributed by atoms with Gasteiger partial charge in [0.15, 0.2) is 0 Å². The fourth-order valence-corrected chi connectivity index (χ4v) is 3.02. The minimum atomic E-state index is 0.200. The third-order valence-corrected chi connectivity index (χ3v) is 3.94. The lowest BCUT2D eigenvalue weighted by atomic mass is 10.0. The van der Waals surface area contributed by atoms with Crippen molar-refractivity contribution in [3.8, 4) is 5.75 Å². The van der Waals surface area contributed by atoms with Crippen molar-refractivity contribution in [3.63, 3.8) is 0 Å². The molecule has 1 aromatic carbocycles. The first-order valence-corrected chi connectivity index (χ1v) is 8.03. The van der Waals surface area contributed by atoms with Crippen LogP contribution in [-0.2, 0) is 0 Å². The number of thiophene rings is 1. The van der Waals surface area contributed by atoms with Crippen molar-refractivity contribution in [1.82, 2.24) is 5.32 Å². The van der Waals surface area contributed by atoms with Crippen LogP contribution in [0.1, 0.15) is 42.8 Å². The predicted octanol–water partition coefficient (Wildman–Crippen LogP) is 4.54. The summed E-state index contributed by atoms with van der Waals surface area (Å²) in [6.07, 6.45) is 0.200. The zero-order chi connectivity index (χ0) is 14.5. The largest absolute Gasteiger partial charge is 0.491 e. The summed E-state index contributed by atoms with van der Waals surface area (Å²) in [5, 5.41) is 5.79. The molecule has 2 nitrogen and oxygen atoms in total. The molecule has 0 radical (unpaired) electrons. The van der Waals surface area contributed by atoms with E-state index in [9.17, 15) is 0 Å². The van der Waals surface area contributed by atoms with Gasteiger partial charge in [0.05, 0.1) is 12.1 Å². The van der Waals surface area contributed by atoms with E-state index in [1.54, 1.807) is 11.3 Å². The van der Waals surface area contributed by atoms with E-state index in [1.807, 2.05) is 6.07 Å². The lowest BCUT2D eigenvalue weighted by Gasteiger charge is -2.19. The highest BCUT2D eigenvalue weighted by Crippen LogP contribution is 2.28. The Bertz CT molecular complexity index is 547. The van der Waals surface area contributed by atoms with Crippen LogP contribution >= 0.6 is 11.3 Å². The van der Waals surface area contributed by atoms with Gasteiger partial charge in [-0.2, -0.15) is 0 Å². The van der Waals surface area contributed by atoms with E-state index in [1.165, 1.54) is 16.0 Å². The maximum Gasteiger partial charge on any atom is 0.120 e. The molecule has 1 N–H and O–H groups in total. The zero-order valence-electron chi connectivity index (χ0n) is 12.6. The molecule has 0 aliphatic carbocycles. The van der Waals surface area contributed by atoms with Crippen molar-refractivity contribution in [3.05, 3.63) is 51.7 Å². The number of benzene rings is 1. The topological polar surface area (TPSA) is 21.3 Å². The molecule has 0 saturated heterocycles. The summed E-state index contributed by atoms with van der Waals surface area (Å²) in [6.45, 7) is 9.33. The minimum absolute atomic E-state index is 0.200. The molecule has 2 aromatic rings. The van der Waals surface area contributed by atoms with Crippen LogP contribution in [0.2, 0.25) is 0 Å². The highest BCUT2D eigenvalue weighted by Gasteiger charge is 2.15. The molecule has 0 fully saturated rings. The molecule has 20 heavy (non-hydrogen) atoms. The normalized spacial score (nSPS) is 12.7. The summed E-state index contributed by atoms with van der Waals surface area (Å²) in [5.74, 6) is 0.937. The highest BCUT2D eigenvalue weighted by atomic mass is 32.1. The first-order chi connectivity index (χ1) is 9.60. The highest BCUT2D eigenvalue weighted by molar-refractivity contribution is 7.10. The van der Waals surface area contributed by atoms with Crippen LogP contribution < -0.4 is 10.1 Å². The summed E-state index contributed by atoms with van der Waals surface area (Å²) in [7, 11) is 0. The average molecular weight is 289 g/mol. The molecular formula is C17H23NOS. The third kappa shape index (κ3) is 3.84. The number of nitrogens with one attached hydrogen (secondary N) is 1. The van der Waals surface area contributed by atoms with Crippen LogP contribution in [0.5, 0.6) is 5.75 Å². The van der Waals surface area contributed by atoms with Gasteiger partial charge in [0.2, 0.25) is 0 Å². The molecule has 0 spiro atoms. The van der Waals surface area contributed by atoms with Gasteiger partial charge in [0.25, 0.3) is 0 Å². The van der Waals surface area contributed by atoms with Crippen molar-refractivity contribution in [1.29, 1.82) is 0 Å². The van der Waals surface area contributed by atoms with Crippen molar-refractivity contribution in [2.75, 3.05) is 6.54 Å². The third-order valence-electron chi connectivity index (χ3n) is 3.06. The Kier molecular flexibility index (Phi) is 5.21. The minimum Gasteiger partial charge on any atom is -0.491 e. The molecule has 3 heteroatoms. The molecule has 0 amide bonds. The predicted molar refractivity (Wildman–Crippen MR) is 86.8 cm³/mol. The second-order valence-electron chi connectivity index (χ2n) is 5.22. The van der Waals surface area contributed by atoms with Gasteiger partial charge in [-0.05, 0) is 62.0 Å². The molecule has 0 bridgehead atoms. The van der Waals surface area contributed by atoms with E-state index < -0.39 is 0 Å². The van der Waals surface area contributed by atoms with Gasteiger partial charge >= 0.3 is 0 Å². The first kappa shape index (κ1) is 15.1. The smallest absolute Gasteiger partial charge is 0.120 e. The van der Waals surface area contributed by atoms with Gasteiger partial charge in [0, 0.05) is 4.88 Å². The Morgan fingerprint density at radius 3 is 2.60 bits per heavy atom. The van der Waals surface area contributed by atoms with E-state index in [0.29, 0.717) is 0 Å². The molecule has 0 aliphatic rings. The lowest BCUT2D eigenvalue weighted by Crippen LogP contribution is -2.21. The van der Waals surface area contributed by atoms with Crippen LogP contribution in [0.3, 0.4) is 0 Å². The number of rotatable bonds is 6. The van der Waals surface area contributed by atoms with Crippen LogP contribution in [0.4, 0.5) is 0 Å². The quantitative estimate of drug-likeness (QED) is 0.843. The summed E-state index contributed by atoms with van der Waals surface area (Å²) in [5.41, 5.74) is 2.58. The van der Waals surface area contributed by atoms with Gasteiger partial charge in [-0.1, -0.05) is 19.1 Å². The molecule has 2 rings (SSSR count). The van der Waals surface area contributed by atoms with Crippen LogP contribution in [0.15, 0.2) is 35.7 Å². The second-order valence-corrected chi connectivity index (χ2v) is 6.34. The Hall–Kier alpha value is -1.32. The maximum absolute atomic E-state index is 5.80. The van der Waals surface area contributed by atoms with Gasteiger partial charge < -0.3 is 10.1 Å². The first-order valence-electron chi connectivity index (χ1n) is 7.15. The van der Waals surface area contributed by atoms with E-state index in [-0.39, 0.29) is 12.1 Å². The maximum atomic E-state index is 5.80. The number of hydrogen-bond donors (Lipinski definition) is 1. The van der Waals surface area contributed by atoms with E-state index in [0.717, 1.165) is 12.3 Å². The Labute approximate surface area is 125 Å². The molecule has 1 heterocycles. The van der Waals surface area contributed by atoms with Gasteiger partial charge in [-0.3, -0.25) is 0 Å². The summed E-state index contributed by atoms with van der Waals surface area (Å²) in [4.78, 5) is 1.34. The molecule has 0 saturated carbocycles. The Balaban J connectivity index is 2.29. The summed E-state index contributed by atoms with van der Waals surface area (Å²) < 4.78 is 5.80. The molecule has 108 valence electrons. The van der Waals surface area contributed by atoms with Crippen LogP contribution in [-0.4, -0.2) is 12.6 Å². The zero-order valence-corrected chi connectivity index (χ0v) is 13.5. The van der Waals surface area contributed by atoms with Gasteiger partial charge in [0.1, 0.15) is 5.75 Å². The molecule has 0 aliphatic heterocycles. The second kappa shape index (κ2) is 6.91. The van der Waals surface area contributed by atoms with Crippen LogP contribution in [0, 0.1) is 6.92 Å². The van der Waals surface area contributed by atoms with Crippen LogP contribution in [0.25, 0.3) is 0 Å². The van der Waals surface area contributed by atoms with Crippen molar-refractivity contribution in [2.45, 2.75) is 39.8 Å². The van der Waals surface area contributed by atoms with Crippen molar-refractivity contribution >= 4 is 11.3 Å². The van der Waals surface area contributed by atoms with Gasteiger partial charge in [-0.15, -0.1) is 11.3 Å². The van der Waals surface area contributed by atoms with E-state index in [4.69, 9.17) is 4.74 Å². The standard InChI is InChI=1S/C17H23NOS/c1-5-18-17(15-9-13(4)20-11-15)14-7-6-8-16(10-14)19-12(2)3/h6-12,17-18H,5H2,1-4H3. The van der Waals surface area contributed by atoms with E-state index in [2.05, 4.69) is 62.7 Å². The monoisotopic (exact) mass is 289 g/mol. The Morgan fingerprint density at radius 1 is 1.20 bits per heavy atom. The summed E-state index contributed by atoms with van der Waals surface area (Å²) >= 11 is 1.80. The SMILES string of the molecule is CCNC(c1cccc(OC(C)C)c1)c1csc(C)c1. The number of ether oxygens (including phenoxy) is 1. The molecule has 1 aromatic heterocycles. The van der Waals surface area contributed by atoms with Crippen molar-refractivity contribution in [2.24, 2.45) is 0 Å². The number of aryl methyl sites for hydroxylation is 1. The van der Waals surface area contributed by atoms with Gasteiger partial charge in [-0.25, -0.2) is 0 Å². The number of hydrogen-bond acceptors (Lipinski definition) is 3. The average Bonchev–Trinajstić information content (AvgIpc) is 2.82. The fraction of sp³-hybridized carbons (Fsp3) is 0.412. The van der Waals surface area contributed by atoms with E-state index >= 15 is 0 Å². The lowest BCUT2D eigenvalue weighted by molar-refractivity contribution is 0.242. The molecular weight excluding hydrogens is 266 g/mol.